The van der Waals surface area contributed by atoms with Crippen molar-refractivity contribution in [3.63, 3.8) is 0 Å². The Kier molecular flexibility index (Phi) is 6.98. The van der Waals surface area contributed by atoms with E-state index in [4.69, 9.17) is 4.74 Å². The van der Waals surface area contributed by atoms with Gasteiger partial charge >= 0.3 is 6.09 Å². The molecule has 0 aromatic heterocycles. The van der Waals surface area contributed by atoms with E-state index in [0.29, 0.717) is 12.0 Å². The third-order valence-electron chi connectivity index (χ3n) is 4.00. The summed E-state index contributed by atoms with van der Waals surface area (Å²) >= 11 is 0. The minimum atomic E-state index is -0.412. The third-order valence-corrected chi connectivity index (χ3v) is 4.00. The van der Waals surface area contributed by atoms with Gasteiger partial charge in [-0.1, -0.05) is 13.8 Å². The molecule has 0 saturated carbocycles. The molecule has 124 valence electrons. The number of carbonyl (C=O) groups is 1. The highest BCUT2D eigenvalue weighted by atomic mass is 16.6. The Morgan fingerprint density at radius 3 is 2.57 bits per heavy atom. The lowest BCUT2D eigenvalue weighted by Gasteiger charge is -2.37. The molecule has 21 heavy (non-hydrogen) atoms. The van der Waals surface area contributed by atoms with Crippen molar-refractivity contribution in [1.82, 2.24) is 10.2 Å². The Morgan fingerprint density at radius 1 is 1.33 bits per heavy atom. The molecule has 2 unspecified atom stereocenters. The molecule has 1 N–H and O–H groups in total. The number of piperidine rings is 1. The van der Waals surface area contributed by atoms with Crippen LogP contribution >= 0.6 is 0 Å². The second-order valence-corrected chi connectivity index (χ2v) is 7.75. The maximum Gasteiger partial charge on any atom is 0.410 e. The molecule has 1 aliphatic heterocycles. The lowest BCUT2D eigenvalue weighted by Crippen LogP contribution is -2.48. The summed E-state index contributed by atoms with van der Waals surface area (Å²) in [6.07, 6.45) is 3.30. The van der Waals surface area contributed by atoms with Crippen LogP contribution in [0.3, 0.4) is 0 Å². The summed E-state index contributed by atoms with van der Waals surface area (Å²) in [6, 6.07) is 0.453. The van der Waals surface area contributed by atoms with E-state index in [1.54, 1.807) is 0 Å². The summed E-state index contributed by atoms with van der Waals surface area (Å²) in [5.74, 6) is 1.26. The zero-order valence-electron chi connectivity index (χ0n) is 14.7. The average Bonchev–Trinajstić information content (AvgIpc) is 2.36. The van der Waals surface area contributed by atoms with Crippen LogP contribution in [0.2, 0.25) is 0 Å². The number of ether oxygens (including phenoxy) is 1. The van der Waals surface area contributed by atoms with Crippen molar-refractivity contribution in [3.05, 3.63) is 0 Å². The molecule has 1 heterocycles. The maximum atomic E-state index is 12.2. The number of nitrogens with one attached hydrogen (secondary N) is 1. The molecule has 4 nitrogen and oxygen atoms in total. The van der Waals surface area contributed by atoms with Crippen molar-refractivity contribution in [3.8, 4) is 0 Å². The van der Waals surface area contributed by atoms with Crippen LogP contribution in [0.4, 0.5) is 4.79 Å². The fourth-order valence-electron chi connectivity index (χ4n) is 2.68. The number of hydrogen-bond acceptors (Lipinski definition) is 3. The summed E-state index contributed by atoms with van der Waals surface area (Å²) in [4.78, 5) is 14.0. The smallest absolute Gasteiger partial charge is 0.410 e. The van der Waals surface area contributed by atoms with Gasteiger partial charge in [-0.15, -0.1) is 0 Å². The first kappa shape index (κ1) is 18.3. The molecule has 1 fully saturated rings. The van der Waals surface area contributed by atoms with Gasteiger partial charge in [0.05, 0.1) is 0 Å². The van der Waals surface area contributed by atoms with Crippen LogP contribution in [0.1, 0.15) is 60.8 Å². The van der Waals surface area contributed by atoms with Crippen LogP contribution in [0, 0.1) is 11.8 Å². The fraction of sp³-hybridized carbons (Fsp3) is 0.941. The SMILES string of the molecule is CC(C)CCNC(C)C1CCCN(C(=O)OC(C)(C)C)C1. The van der Waals surface area contributed by atoms with E-state index in [1.165, 1.54) is 12.8 Å². The fourth-order valence-corrected chi connectivity index (χ4v) is 2.68. The number of nitrogens with zero attached hydrogens (tertiary/aromatic N) is 1. The molecule has 0 bridgehead atoms. The second-order valence-electron chi connectivity index (χ2n) is 7.75. The van der Waals surface area contributed by atoms with Crippen LogP contribution in [0.5, 0.6) is 0 Å². The van der Waals surface area contributed by atoms with Crippen molar-refractivity contribution in [2.75, 3.05) is 19.6 Å². The first-order valence-electron chi connectivity index (χ1n) is 8.40. The van der Waals surface area contributed by atoms with Crippen LogP contribution in [-0.4, -0.2) is 42.3 Å². The van der Waals surface area contributed by atoms with E-state index in [-0.39, 0.29) is 6.09 Å². The molecule has 2 atom stereocenters. The van der Waals surface area contributed by atoms with Crippen LogP contribution in [0.15, 0.2) is 0 Å². The van der Waals surface area contributed by atoms with E-state index in [2.05, 4.69) is 26.1 Å². The molecule has 0 spiro atoms. The van der Waals surface area contributed by atoms with Gasteiger partial charge in [0, 0.05) is 19.1 Å². The summed E-state index contributed by atoms with van der Waals surface area (Å²) in [5.41, 5.74) is -0.412. The van der Waals surface area contributed by atoms with Gasteiger partial charge in [-0.3, -0.25) is 0 Å². The topological polar surface area (TPSA) is 41.6 Å². The number of carbonyl (C=O) groups excluding carboxylic acids is 1. The van der Waals surface area contributed by atoms with Crippen molar-refractivity contribution >= 4 is 6.09 Å². The molecule has 0 aromatic carbocycles. The number of rotatable bonds is 5. The van der Waals surface area contributed by atoms with E-state index < -0.39 is 5.60 Å². The van der Waals surface area contributed by atoms with E-state index in [9.17, 15) is 4.79 Å². The number of hydrogen-bond donors (Lipinski definition) is 1. The molecule has 0 aliphatic carbocycles. The first-order valence-corrected chi connectivity index (χ1v) is 8.40. The highest BCUT2D eigenvalue weighted by Crippen LogP contribution is 2.22. The van der Waals surface area contributed by atoms with Gasteiger partial charge in [0.15, 0.2) is 0 Å². The number of likely N-dealkylation sites (tertiary alicyclic amines) is 1. The monoisotopic (exact) mass is 298 g/mol. The van der Waals surface area contributed by atoms with Gasteiger partial charge in [-0.25, -0.2) is 4.79 Å². The maximum absolute atomic E-state index is 12.2. The van der Waals surface area contributed by atoms with E-state index in [1.807, 2.05) is 25.7 Å². The number of amides is 1. The molecule has 1 saturated heterocycles. The molecular formula is C17H34N2O2. The van der Waals surface area contributed by atoms with Gasteiger partial charge in [-0.2, -0.15) is 0 Å². The van der Waals surface area contributed by atoms with Gasteiger partial charge in [-0.05, 0) is 65.3 Å². The zero-order chi connectivity index (χ0) is 16.0. The van der Waals surface area contributed by atoms with Crippen molar-refractivity contribution < 1.29 is 9.53 Å². The highest BCUT2D eigenvalue weighted by Gasteiger charge is 2.29. The van der Waals surface area contributed by atoms with Gasteiger partial charge in [0.2, 0.25) is 0 Å². The Hall–Kier alpha value is -0.770. The van der Waals surface area contributed by atoms with Crippen LogP contribution in [-0.2, 0) is 4.74 Å². The lowest BCUT2D eigenvalue weighted by atomic mass is 9.91. The molecule has 4 heteroatoms. The van der Waals surface area contributed by atoms with Gasteiger partial charge in [0.25, 0.3) is 0 Å². The quantitative estimate of drug-likeness (QED) is 0.842. The molecular weight excluding hydrogens is 264 g/mol. The average molecular weight is 298 g/mol. The first-order chi connectivity index (χ1) is 9.69. The van der Waals surface area contributed by atoms with Crippen molar-refractivity contribution in [2.24, 2.45) is 11.8 Å². The van der Waals surface area contributed by atoms with Gasteiger partial charge in [0.1, 0.15) is 5.60 Å². The molecule has 1 rings (SSSR count). The zero-order valence-corrected chi connectivity index (χ0v) is 14.7. The van der Waals surface area contributed by atoms with Crippen molar-refractivity contribution in [1.29, 1.82) is 0 Å². The summed E-state index contributed by atoms with van der Waals surface area (Å²) in [7, 11) is 0. The predicted octanol–water partition coefficient (Wildman–Crippen LogP) is 3.66. The van der Waals surface area contributed by atoms with Crippen LogP contribution < -0.4 is 5.32 Å². The Morgan fingerprint density at radius 2 is 2.00 bits per heavy atom. The minimum absolute atomic E-state index is 0.165. The minimum Gasteiger partial charge on any atom is -0.444 e. The predicted molar refractivity (Wildman–Crippen MR) is 87.5 cm³/mol. The van der Waals surface area contributed by atoms with Crippen LogP contribution in [0.25, 0.3) is 0 Å². The van der Waals surface area contributed by atoms with Crippen molar-refractivity contribution in [2.45, 2.75) is 72.4 Å². The Labute approximate surface area is 130 Å². The summed E-state index contributed by atoms with van der Waals surface area (Å²) in [6.45, 7) is 15.2. The van der Waals surface area contributed by atoms with E-state index >= 15 is 0 Å². The Balaban J connectivity index is 2.42. The molecule has 1 aliphatic rings. The molecule has 0 radical (unpaired) electrons. The lowest BCUT2D eigenvalue weighted by molar-refractivity contribution is 0.0148. The second kappa shape index (κ2) is 8.02. The standard InChI is InChI=1S/C17H34N2O2/c1-13(2)9-10-18-14(3)15-8-7-11-19(12-15)16(20)21-17(4,5)6/h13-15,18H,7-12H2,1-6H3. The molecule has 1 amide bonds. The Bertz CT molecular complexity index is 323. The summed E-state index contributed by atoms with van der Waals surface area (Å²) < 4.78 is 5.48. The largest absolute Gasteiger partial charge is 0.444 e. The highest BCUT2D eigenvalue weighted by molar-refractivity contribution is 5.68. The summed E-state index contributed by atoms with van der Waals surface area (Å²) in [5, 5.41) is 3.61. The van der Waals surface area contributed by atoms with E-state index in [0.717, 1.165) is 32.0 Å². The normalized spacial score (nSPS) is 21.5. The molecule has 0 aromatic rings. The van der Waals surface area contributed by atoms with Gasteiger partial charge < -0.3 is 15.0 Å². The third kappa shape index (κ3) is 7.16.